The lowest BCUT2D eigenvalue weighted by molar-refractivity contribution is -0.127. The first-order valence-corrected chi connectivity index (χ1v) is 9.19. The van der Waals surface area contributed by atoms with Crippen molar-refractivity contribution in [1.82, 2.24) is 10.2 Å². The van der Waals surface area contributed by atoms with Crippen LogP contribution in [0, 0.1) is 17.6 Å². The van der Waals surface area contributed by atoms with E-state index < -0.39 is 11.6 Å². The second-order valence-electron chi connectivity index (χ2n) is 7.32. The number of nitrogens with zero attached hydrogens (tertiary/aromatic N) is 1. The number of likely N-dealkylation sites (tertiary alicyclic amines) is 1. The van der Waals surface area contributed by atoms with Crippen molar-refractivity contribution in [2.75, 3.05) is 20.2 Å². The van der Waals surface area contributed by atoms with E-state index >= 15 is 0 Å². The summed E-state index contributed by atoms with van der Waals surface area (Å²) in [5.74, 6) is -1.20. The van der Waals surface area contributed by atoms with Gasteiger partial charge >= 0.3 is 0 Å². The smallest absolute Gasteiger partial charge is 0.227 e. The van der Waals surface area contributed by atoms with Gasteiger partial charge in [-0.1, -0.05) is 24.3 Å². The lowest BCUT2D eigenvalue weighted by Gasteiger charge is -2.29. The first-order chi connectivity index (χ1) is 13.0. The van der Waals surface area contributed by atoms with Crippen LogP contribution in [0.25, 0.3) is 0 Å². The summed E-state index contributed by atoms with van der Waals surface area (Å²) in [6.07, 6.45) is 1.40. The van der Waals surface area contributed by atoms with Crippen molar-refractivity contribution in [3.63, 3.8) is 0 Å². The molecule has 27 heavy (non-hydrogen) atoms. The van der Waals surface area contributed by atoms with E-state index in [1.54, 1.807) is 6.07 Å². The van der Waals surface area contributed by atoms with Crippen molar-refractivity contribution in [3.05, 3.63) is 65.2 Å². The molecule has 1 N–H and O–H groups in total. The highest BCUT2D eigenvalue weighted by Gasteiger charge is 2.36. The summed E-state index contributed by atoms with van der Waals surface area (Å²) in [5.41, 5.74) is 1.70. The van der Waals surface area contributed by atoms with Crippen LogP contribution in [0.15, 0.2) is 42.5 Å². The first kappa shape index (κ1) is 17.9. The maximum atomic E-state index is 13.7. The molecule has 2 aliphatic rings. The zero-order valence-electron chi connectivity index (χ0n) is 15.1. The van der Waals surface area contributed by atoms with Gasteiger partial charge in [0.05, 0.1) is 12.0 Å². The molecule has 2 aliphatic heterocycles. The molecule has 2 aromatic carbocycles. The number of fused-ring (bicyclic) bond motifs is 1. The van der Waals surface area contributed by atoms with Crippen molar-refractivity contribution in [2.24, 2.45) is 5.92 Å². The summed E-state index contributed by atoms with van der Waals surface area (Å²) < 4.78 is 32.7. The van der Waals surface area contributed by atoms with E-state index in [4.69, 9.17) is 4.74 Å². The third kappa shape index (κ3) is 3.54. The number of halogens is 2. The third-order valence-electron chi connectivity index (χ3n) is 5.51. The zero-order valence-corrected chi connectivity index (χ0v) is 15.1. The van der Waals surface area contributed by atoms with E-state index in [2.05, 4.69) is 10.2 Å². The highest BCUT2D eigenvalue weighted by Crippen LogP contribution is 2.33. The number of para-hydroxylation sites is 1. The summed E-state index contributed by atoms with van der Waals surface area (Å²) in [5, 5.41) is 3.12. The Morgan fingerprint density at radius 1 is 1.19 bits per heavy atom. The van der Waals surface area contributed by atoms with Crippen LogP contribution < -0.4 is 10.1 Å². The molecule has 0 aromatic heterocycles. The van der Waals surface area contributed by atoms with Gasteiger partial charge in [-0.25, -0.2) is 8.78 Å². The molecule has 1 amide bonds. The van der Waals surface area contributed by atoms with Gasteiger partial charge in [-0.3, -0.25) is 9.69 Å². The molecular formula is C21H22F2N2O2. The Morgan fingerprint density at radius 2 is 2.00 bits per heavy atom. The highest BCUT2D eigenvalue weighted by molar-refractivity contribution is 5.80. The molecule has 1 fully saturated rings. The molecule has 0 radical (unpaired) electrons. The predicted molar refractivity (Wildman–Crippen MR) is 97.4 cm³/mol. The normalized spacial score (nSPS) is 24.9. The first-order valence-electron chi connectivity index (χ1n) is 9.19. The predicted octanol–water partition coefficient (Wildman–Crippen LogP) is 3.08. The van der Waals surface area contributed by atoms with Gasteiger partial charge in [-0.05, 0) is 49.2 Å². The standard InChI is InChI=1S/C21H22F2N2O2/c1-25-9-8-18(20(25)14-6-7-16(22)17(23)11-14)24-21(26)15-10-13-4-2-3-5-19(13)27-12-15/h2-7,11,15,18,20H,8-10,12H2,1H3,(H,24,26)/t15-,18-,20-/m0/s1. The Bertz CT molecular complexity index is 858. The minimum atomic E-state index is -0.866. The number of ether oxygens (including phenoxy) is 1. The molecule has 1 saturated heterocycles. The third-order valence-corrected chi connectivity index (χ3v) is 5.51. The van der Waals surface area contributed by atoms with E-state index in [1.807, 2.05) is 31.3 Å². The molecule has 0 aliphatic carbocycles. The summed E-state index contributed by atoms with van der Waals surface area (Å²) in [7, 11) is 1.93. The van der Waals surface area contributed by atoms with Gasteiger partial charge in [-0.2, -0.15) is 0 Å². The van der Waals surface area contributed by atoms with Gasteiger partial charge in [0.1, 0.15) is 12.4 Å². The topological polar surface area (TPSA) is 41.6 Å². The van der Waals surface area contributed by atoms with E-state index in [0.29, 0.717) is 18.6 Å². The summed E-state index contributed by atoms with van der Waals surface area (Å²) >= 11 is 0. The van der Waals surface area contributed by atoms with Gasteiger partial charge in [0.2, 0.25) is 5.91 Å². The molecule has 0 unspecified atom stereocenters. The van der Waals surface area contributed by atoms with Gasteiger partial charge < -0.3 is 10.1 Å². The molecule has 142 valence electrons. The van der Waals surface area contributed by atoms with Crippen LogP contribution in [0.4, 0.5) is 8.78 Å². The summed E-state index contributed by atoms with van der Waals surface area (Å²) in [4.78, 5) is 14.9. The zero-order chi connectivity index (χ0) is 19.0. The molecule has 6 heteroatoms. The Morgan fingerprint density at radius 3 is 2.81 bits per heavy atom. The Hall–Kier alpha value is -2.47. The minimum Gasteiger partial charge on any atom is -0.492 e. The van der Waals surface area contributed by atoms with Crippen LogP contribution >= 0.6 is 0 Å². The van der Waals surface area contributed by atoms with Crippen molar-refractivity contribution in [2.45, 2.75) is 24.9 Å². The lowest BCUT2D eigenvalue weighted by Crippen LogP contribution is -2.44. The fourth-order valence-corrected chi connectivity index (χ4v) is 4.08. The number of amides is 1. The second-order valence-corrected chi connectivity index (χ2v) is 7.32. The van der Waals surface area contributed by atoms with Crippen LogP contribution in [0.3, 0.4) is 0 Å². The summed E-state index contributed by atoms with van der Waals surface area (Å²) in [6, 6.07) is 11.4. The minimum absolute atomic E-state index is 0.0580. The molecule has 2 heterocycles. The molecule has 2 aromatic rings. The quantitative estimate of drug-likeness (QED) is 0.900. The molecule has 0 bridgehead atoms. The van der Waals surface area contributed by atoms with Crippen molar-refractivity contribution >= 4 is 5.91 Å². The number of rotatable bonds is 3. The SMILES string of the molecule is CN1CC[C@H](NC(=O)[C@@H]2COc3ccccc3C2)[C@@H]1c1ccc(F)c(F)c1. The van der Waals surface area contributed by atoms with Gasteiger partial charge in [-0.15, -0.1) is 0 Å². The van der Waals surface area contributed by atoms with Crippen LogP contribution in [0.2, 0.25) is 0 Å². The number of benzene rings is 2. The molecular weight excluding hydrogens is 350 g/mol. The number of carbonyl (C=O) groups is 1. The lowest BCUT2D eigenvalue weighted by atomic mass is 9.94. The molecule has 0 saturated carbocycles. The van der Waals surface area contributed by atoms with Crippen LogP contribution in [0.1, 0.15) is 23.6 Å². The van der Waals surface area contributed by atoms with Gasteiger partial charge in [0.15, 0.2) is 11.6 Å². The monoisotopic (exact) mass is 372 g/mol. The highest BCUT2D eigenvalue weighted by atomic mass is 19.2. The van der Waals surface area contributed by atoms with Crippen molar-refractivity contribution in [1.29, 1.82) is 0 Å². The average Bonchev–Trinajstić information content (AvgIpc) is 3.03. The van der Waals surface area contributed by atoms with Crippen LogP contribution in [-0.2, 0) is 11.2 Å². The van der Waals surface area contributed by atoms with Crippen molar-refractivity contribution < 1.29 is 18.3 Å². The van der Waals surface area contributed by atoms with E-state index in [1.165, 1.54) is 6.07 Å². The van der Waals surface area contributed by atoms with Gasteiger partial charge in [0.25, 0.3) is 0 Å². The number of carbonyl (C=O) groups excluding carboxylic acids is 1. The van der Waals surface area contributed by atoms with E-state index in [9.17, 15) is 13.6 Å². The van der Waals surface area contributed by atoms with E-state index in [-0.39, 0.29) is 23.9 Å². The Kier molecular flexibility index (Phi) is 4.83. The fourth-order valence-electron chi connectivity index (χ4n) is 4.08. The van der Waals surface area contributed by atoms with Crippen LogP contribution in [0.5, 0.6) is 5.75 Å². The Balaban J connectivity index is 1.48. The molecule has 4 rings (SSSR count). The number of hydrogen-bond acceptors (Lipinski definition) is 3. The van der Waals surface area contributed by atoms with Gasteiger partial charge in [0, 0.05) is 12.6 Å². The number of likely N-dealkylation sites (N-methyl/N-ethyl adjacent to an activating group) is 1. The largest absolute Gasteiger partial charge is 0.492 e. The molecule has 0 spiro atoms. The van der Waals surface area contributed by atoms with Crippen LogP contribution in [-0.4, -0.2) is 37.0 Å². The number of hydrogen-bond donors (Lipinski definition) is 1. The summed E-state index contributed by atoms with van der Waals surface area (Å²) in [6.45, 7) is 1.12. The fraction of sp³-hybridized carbons (Fsp3) is 0.381. The van der Waals surface area contributed by atoms with Crippen molar-refractivity contribution in [3.8, 4) is 5.75 Å². The number of nitrogens with one attached hydrogen (secondary N) is 1. The second kappa shape index (κ2) is 7.27. The maximum Gasteiger partial charge on any atom is 0.227 e. The van der Waals surface area contributed by atoms with E-state index in [0.717, 1.165) is 30.3 Å². The maximum absolute atomic E-state index is 13.7. The Labute approximate surface area is 157 Å². The average molecular weight is 372 g/mol. The molecule has 4 nitrogen and oxygen atoms in total. The molecule has 3 atom stereocenters.